The number of hydrogen-bond donors (Lipinski definition) is 0. The van der Waals surface area contributed by atoms with Crippen molar-refractivity contribution in [2.75, 3.05) is 0 Å². The zero-order valence-electron chi connectivity index (χ0n) is 15.3. The van der Waals surface area contributed by atoms with E-state index in [4.69, 9.17) is 4.43 Å². The summed E-state index contributed by atoms with van der Waals surface area (Å²) in [6.07, 6.45) is 10.3. The van der Waals surface area contributed by atoms with Crippen LogP contribution in [0, 0.1) is 0 Å². The summed E-state index contributed by atoms with van der Waals surface area (Å²) in [5, 5.41) is 0. The van der Waals surface area contributed by atoms with Gasteiger partial charge in [-0.2, -0.15) is 0 Å². The summed E-state index contributed by atoms with van der Waals surface area (Å²) >= 11 is 0. The minimum absolute atomic E-state index is 0.395. The van der Waals surface area contributed by atoms with E-state index in [9.17, 15) is 0 Å². The van der Waals surface area contributed by atoms with Gasteiger partial charge in [0.05, 0.1) is 6.10 Å². The fourth-order valence-electron chi connectivity index (χ4n) is 4.12. The molecule has 2 rings (SSSR count). The van der Waals surface area contributed by atoms with Crippen molar-refractivity contribution >= 4 is 14.4 Å². The Hall–Kier alpha value is -0.863. The molecule has 1 nitrogen and oxygen atoms in total. The first-order chi connectivity index (χ1) is 11.2. The minimum Gasteiger partial charge on any atom is -0.410 e. The smallest absolute Gasteiger partial charge is 0.193 e. The third kappa shape index (κ3) is 5.32. The van der Waals surface area contributed by atoms with Crippen molar-refractivity contribution in [3.63, 3.8) is 0 Å². The van der Waals surface area contributed by atoms with Gasteiger partial charge in [-0.05, 0) is 48.5 Å². The molecule has 0 radical (unpaired) electrons. The van der Waals surface area contributed by atoms with Crippen LogP contribution in [0.3, 0.4) is 0 Å². The van der Waals surface area contributed by atoms with Crippen molar-refractivity contribution in [2.24, 2.45) is 0 Å². The zero-order chi connectivity index (χ0) is 16.5. The van der Waals surface area contributed by atoms with E-state index in [0.717, 1.165) is 0 Å². The van der Waals surface area contributed by atoms with Crippen molar-refractivity contribution in [1.29, 1.82) is 0 Å². The summed E-state index contributed by atoms with van der Waals surface area (Å²) < 4.78 is 6.98. The van der Waals surface area contributed by atoms with Crippen LogP contribution in [0.15, 0.2) is 35.9 Å². The highest BCUT2D eigenvalue weighted by Gasteiger charge is 2.37. The lowest BCUT2D eigenvalue weighted by Crippen LogP contribution is -2.41. The molecule has 1 atom stereocenters. The molecular formula is C21H34OSi. The molecule has 1 saturated carbocycles. The van der Waals surface area contributed by atoms with Gasteiger partial charge < -0.3 is 4.43 Å². The lowest BCUT2D eigenvalue weighted by atomic mass is 10.1. The molecule has 2 heteroatoms. The van der Waals surface area contributed by atoms with Gasteiger partial charge in [0.15, 0.2) is 8.32 Å². The lowest BCUT2D eigenvalue weighted by molar-refractivity contribution is 0.225. The van der Waals surface area contributed by atoms with Crippen molar-refractivity contribution in [3.05, 3.63) is 41.5 Å². The van der Waals surface area contributed by atoms with E-state index in [1.807, 2.05) is 0 Å². The van der Waals surface area contributed by atoms with Crippen LogP contribution in [0.25, 0.3) is 6.08 Å². The highest BCUT2D eigenvalue weighted by Crippen LogP contribution is 2.36. The Bertz CT molecular complexity index is 463. The van der Waals surface area contributed by atoms with Gasteiger partial charge in [0.25, 0.3) is 0 Å². The highest BCUT2D eigenvalue weighted by molar-refractivity contribution is 6.73. The fourth-order valence-corrected chi connectivity index (χ4v) is 8.83. The van der Waals surface area contributed by atoms with Crippen LogP contribution in [0.1, 0.15) is 64.9 Å². The van der Waals surface area contributed by atoms with Crippen LogP contribution < -0.4 is 0 Å². The summed E-state index contributed by atoms with van der Waals surface area (Å²) in [6.45, 7) is 6.98. The molecule has 128 valence electrons. The molecule has 0 amide bonds. The third-order valence-electron chi connectivity index (χ3n) is 5.01. The Morgan fingerprint density at radius 3 is 2.17 bits per heavy atom. The second kappa shape index (κ2) is 9.44. The fraction of sp³-hybridized carbons (Fsp3) is 0.619. The quantitative estimate of drug-likeness (QED) is 0.452. The van der Waals surface area contributed by atoms with Gasteiger partial charge in [-0.25, -0.2) is 0 Å². The molecule has 0 bridgehead atoms. The molecule has 0 aliphatic heterocycles. The standard InChI is InChI=1S/C21H34OSi/c1-4-15-23(16-5-2,17-6-3)22-21-14-10-13-20(21)18-19-11-8-7-9-12-19/h7-9,11-12,18,21H,4-6,10,13-17H2,1-3H3/b20-18-. The molecule has 0 spiro atoms. The maximum atomic E-state index is 6.98. The van der Waals surface area contributed by atoms with Gasteiger partial charge in [-0.15, -0.1) is 0 Å². The Morgan fingerprint density at radius 2 is 1.61 bits per heavy atom. The van der Waals surface area contributed by atoms with Crippen LogP contribution in [-0.2, 0) is 4.43 Å². The minimum atomic E-state index is -1.56. The normalized spacial score (nSPS) is 20.3. The Balaban J connectivity index is 2.15. The number of benzene rings is 1. The molecule has 0 aromatic heterocycles. The predicted molar refractivity (Wildman–Crippen MR) is 104 cm³/mol. The second-order valence-corrected chi connectivity index (χ2v) is 11.2. The maximum Gasteiger partial charge on any atom is 0.193 e. The van der Waals surface area contributed by atoms with E-state index in [1.165, 1.54) is 67.8 Å². The average Bonchev–Trinajstić information content (AvgIpc) is 2.96. The van der Waals surface area contributed by atoms with E-state index in [1.54, 1.807) is 0 Å². The van der Waals surface area contributed by atoms with Crippen molar-refractivity contribution in [3.8, 4) is 0 Å². The van der Waals surface area contributed by atoms with Crippen LogP contribution >= 0.6 is 0 Å². The third-order valence-corrected chi connectivity index (χ3v) is 10.0. The Kier molecular flexibility index (Phi) is 7.58. The van der Waals surface area contributed by atoms with Crippen molar-refractivity contribution in [2.45, 2.75) is 83.5 Å². The lowest BCUT2D eigenvalue weighted by Gasteiger charge is -2.34. The second-order valence-electron chi connectivity index (χ2n) is 7.06. The largest absolute Gasteiger partial charge is 0.410 e. The van der Waals surface area contributed by atoms with Gasteiger partial charge in [-0.3, -0.25) is 0 Å². The monoisotopic (exact) mass is 330 g/mol. The molecule has 0 heterocycles. The Morgan fingerprint density at radius 1 is 1.00 bits per heavy atom. The summed E-state index contributed by atoms with van der Waals surface area (Å²) in [7, 11) is -1.56. The van der Waals surface area contributed by atoms with Crippen molar-refractivity contribution in [1.82, 2.24) is 0 Å². The van der Waals surface area contributed by atoms with E-state index in [0.29, 0.717) is 6.10 Å². The first kappa shape index (κ1) is 18.5. The van der Waals surface area contributed by atoms with Crippen LogP contribution in [0.4, 0.5) is 0 Å². The van der Waals surface area contributed by atoms with Crippen molar-refractivity contribution < 1.29 is 4.43 Å². The number of hydrogen-bond acceptors (Lipinski definition) is 1. The first-order valence-electron chi connectivity index (χ1n) is 9.66. The topological polar surface area (TPSA) is 9.23 Å². The van der Waals surface area contributed by atoms with Crippen LogP contribution in [-0.4, -0.2) is 14.4 Å². The van der Waals surface area contributed by atoms with Crippen LogP contribution in [0.5, 0.6) is 0 Å². The molecule has 1 fully saturated rings. The zero-order valence-corrected chi connectivity index (χ0v) is 16.3. The predicted octanol–water partition coefficient (Wildman–Crippen LogP) is 6.81. The van der Waals surface area contributed by atoms with Gasteiger partial charge in [0.1, 0.15) is 0 Å². The molecule has 1 unspecified atom stereocenters. The van der Waals surface area contributed by atoms with E-state index < -0.39 is 8.32 Å². The first-order valence-corrected chi connectivity index (χ1v) is 12.2. The summed E-state index contributed by atoms with van der Waals surface area (Å²) in [6, 6.07) is 14.8. The van der Waals surface area contributed by atoms with Crippen LogP contribution in [0.2, 0.25) is 18.1 Å². The van der Waals surface area contributed by atoms with Gasteiger partial charge in [-0.1, -0.05) is 76.4 Å². The molecule has 1 aliphatic carbocycles. The number of rotatable bonds is 9. The maximum absolute atomic E-state index is 6.98. The summed E-state index contributed by atoms with van der Waals surface area (Å²) in [4.78, 5) is 0. The Labute approximate surface area is 144 Å². The molecular weight excluding hydrogens is 296 g/mol. The van der Waals surface area contributed by atoms with E-state index in [-0.39, 0.29) is 0 Å². The van der Waals surface area contributed by atoms with E-state index in [2.05, 4.69) is 57.2 Å². The van der Waals surface area contributed by atoms with Gasteiger partial charge >= 0.3 is 0 Å². The molecule has 1 aromatic rings. The molecule has 23 heavy (non-hydrogen) atoms. The van der Waals surface area contributed by atoms with Gasteiger partial charge in [0, 0.05) is 0 Å². The average molecular weight is 331 g/mol. The summed E-state index contributed by atoms with van der Waals surface area (Å²) in [5.41, 5.74) is 2.86. The molecule has 0 saturated heterocycles. The highest BCUT2D eigenvalue weighted by atomic mass is 28.4. The molecule has 0 N–H and O–H groups in total. The summed E-state index contributed by atoms with van der Waals surface area (Å²) in [5.74, 6) is 0. The SMILES string of the molecule is CCC[Si](CCC)(CCC)OC1CCC/C1=C/c1ccccc1. The van der Waals surface area contributed by atoms with E-state index >= 15 is 0 Å². The molecule has 1 aromatic carbocycles. The molecule has 1 aliphatic rings. The van der Waals surface area contributed by atoms with Gasteiger partial charge in [0.2, 0.25) is 0 Å².